The van der Waals surface area contributed by atoms with Crippen molar-refractivity contribution in [2.24, 2.45) is 0 Å². The molecule has 0 saturated heterocycles. The molecule has 0 aromatic heterocycles. The van der Waals surface area contributed by atoms with Crippen molar-refractivity contribution < 1.29 is 24.2 Å². The van der Waals surface area contributed by atoms with Gasteiger partial charge < -0.3 is 19.9 Å². The van der Waals surface area contributed by atoms with Crippen LogP contribution in [-0.2, 0) is 9.59 Å². The summed E-state index contributed by atoms with van der Waals surface area (Å²) in [6.45, 7) is 4.36. The Hall–Kier alpha value is -2.50. The fraction of sp³-hybridized carbons (Fsp3) is 0.375. The van der Waals surface area contributed by atoms with Gasteiger partial charge in [-0.3, -0.25) is 4.79 Å². The molecule has 0 radical (unpaired) electrons. The monoisotopic (exact) mass is 305 g/mol. The molecule has 1 aliphatic heterocycles. The Balaban J connectivity index is 2.41. The third kappa shape index (κ3) is 3.58. The van der Waals surface area contributed by atoms with Gasteiger partial charge in [0.1, 0.15) is 0 Å². The van der Waals surface area contributed by atoms with Crippen molar-refractivity contribution in [1.29, 1.82) is 0 Å². The number of fused-ring (bicyclic) bond motifs is 1. The van der Waals surface area contributed by atoms with Crippen LogP contribution in [0, 0.1) is 0 Å². The van der Waals surface area contributed by atoms with Gasteiger partial charge in [-0.05, 0) is 36.6 Å². The van der Waals surface area contributed by atoms with E-state index in [0.717, 1.165) is 12.5 Å². The fourth-order valence-electron chi connectivity index (χ4n) is 2.10. The number of carboxylic acid groups (broad SMARTS) is 1. The van der Waals surface area contributed by atoms with Crippen molar-refractivity contribution >= 4 is 23.6 Å². The minimum absolute atomic E-state index is 0.212. The van der Waals surface area contributed by atoms with Crippen LogP contribution < -0.4 is 14.8 Å². The summed E-state index contributed by atoms with van der Waals surface area (Å²) in [6, 6.07) is 3.37. The quantitative estimate of drug-likeness (QED) is 0.789. The zero-order valence-corrected chi connectivity index (χ0v) is 12.6. The average Bonchev–Trinajstić information content (AvgIpc) is 2.49. The Morgan fingerprint density at radius 2 is 2.23 bits per heavy atom. The summed E-state index contributed by atoms with van der Waals surface area (Å²) < 4.78 is 11.4. The summed E-state index contributed by atoms with van der Waals surface area (Å²) in [5.74, 6) is -0.258. The lowest BCUT2D eigenvalue weighted by Gasteiger charge is -2.27. The number of amides is 1. The van der Waals surface area contributed by atoms with Crippen molar-refractivity contribution in [3.8, 4) is 11.5 Å². The first-order valence-corrected chi connectivity index (χ1v) is 7.24. The van der Waals surface area contributed by atoms with Gasteiger partial charge in [0.15, 0.2) is 17.6 Å². The minimum Gasteiger partial charge on any atom is -0.490 e. The van der Waals surface area contributed by atoms with Gasteiger partial charge in [0.25, 0.3) is 5.91 Å². The Morgan fingerprint density at radius 1 is 1.45 bits per heavy atom. The number of ether oxygens (including phenoxy) is 2. The number of carbonyl (C=O) groups excluding carboxylic acids is 1. The van der Waals surface area contributed by atoms with Crippen molar-refractivity contribution in [2.75, 3.05) is 11.9 Å². The molecule has 1 heterocycles. The molecule has 0 saturated carbocycles. The molecule has 118 valence electrons. The third-order valence-corrected chi connectivity index (χ3v) is 3.14. The highest BCUT2D eigenvalue weighted by atomic mass is 16.5. The van der Waals surface area contributed by atoms with Gasteiger partial charge in [-0.2, -0.15) is 0 Å². The number of carbonyl (C=O) groups is 2. The van der Waals surface area contributed by atoms with E-state index in [4.69, 9.17) is 14.6 Å². The highest BCUT2D eigenvalue weighted by molar-refractivity contribution is 5.99. The number of hydrogen-bond donors (Lipinski definition) is 2. The highest BCUT2D eigenvalue weighted by Crippen LogP contribution is 2.41. The van der Waals surface area contributed by atoms with E-state index in [0.29, 0.717) is 35.8 Å². The van der Waals surface area contributed by atoms with Crippen LogP contribution in [0.4, 0.5) is 5.69 Å². The molecule has 1 atom stereocenters. The highest BCUT2D eigenvalue weighted by Gasteiger charge is 2.29. The van der Waals surface area contributed by atoms with Crippen molar-refractivity contribution in [3.63, 3.8) is 0 Å². The number of anilines is 1. The first kappa shape index (κ1) is 15.9. The lowest BCUT2D eigenvalue weighted by molar-refractivity contribution is -0.131. The van der Waals surface area contributed by atoms with Gasteiger partial charge >= 0.3 is 5.97 Å². The molecule has 0 bridgehead atoms. The number of hydrogen-bond acceptors (Lipinski definition) is 4. The molecule has 1 unspecified atom stereocenters. The van der Waals surface area contributed by atoms with Crippen molar-refractivity contribution in [2.45, 2.75) is 32.8 Å². The van der Waals surface area contributed by atoms with Gasteiger partial charge in [0, 0.05) is 6.08 Å². The summed E-state index contributed by atoms with van der Waals surface area (Å²) in [7, 11) is 0. The predicted molar refractivity (Wildman–Crippen MR) is 82.2 cm³/mol. The number of nitrogens with one attached hydrogen (secondary N) is 1. The minimum atomic E-state index is -1.04. The van der Waals surface area contributed by atoms with Crippen LogP contribution in [0.1, 0.15) is 32.3 Å². The van der Waals surface area contributed by atoms with Crippen LogP contribution in [0.2, 0.25) is 0 Å². The van der Waals surface area contributed by atoms with E-state index in [1.807, 2.05) is 13.8 Å². The third-order valence-electron chi connectivity index (χ3n) is 3.14. The lowest BCUT2D eigenvalue weighted by atomic mass is 10.1. The Bertz CT molecular complexity index is 609. The largest absolute Gasteiger partial charge is 0.490 e. The van der Waals surface area contributed by atoms with Crippen LogP contribution >= 0.6 is 0 Å². The van der Waals surface area contributed by atoms with Gasteiger partial charge in [-0.25, -0.2) is 4.79 Å². The molecular weight excluding hydrogens is 286 g/mol. The van der Waals surface area contributed by atoms with Crippen LogP contribution in [0.25, 0.3) is 6.08 Å². The summed E-state index contributed by atoms with van der Waals surface area (Å²) in [4.78, 5) is 22.5. The fourth-order valence-corrected chi connectivity index (χ4v) is 2.10. The predicted octanol–water partition coefficient (Wildman–Crippen LogP) is 2.68. The molecule has 0 spiro atoms. The molecule has 6 nitrogen and oxygen atoms in total. The summed E-state index contributed by atoms with van der Waals surface area (Å²) in [6.07, 6.45) is 3.31. The Morgan fingerprint density at radius 3 is 2.86 bits per heavy atom. The summed E-state index contributed by atoms with van der Waals surface area (Å²) in [5.41, 5.74) is 1.11. The topological polar surface area (TPSA) is 84.9 Å². The maximum atomic E-state index is 11.9. The van der Waals surface area contributed by atoms with E-state index < -0.39 is 12.1 Å². The first-order valence-electron chi connectivity index (χ1n) is 7.24. The molecule has 22 heavy (non-hydrogen) atoms. The van der Waals surface area contributed by atoms with Gasteiger partial charge in [0.2, 0.25) is 0 Å². The van der Waals surface area contributed by atoms with Crippen LogP contribution in [0.5, 0.6) is 11.5 Å². The molecule has 2 rings (SSSR count). The van der Waals surface area contributed by atoms with E-state index in [-0.39, 0.29) is 5.91 Å². The van der Waals surface area contributed by atoms with E-state index in [2.05, 4.69) is 5.32 Å². The zero-order chi connectivity index (χ0) is 16.1. The summed E-state index contributed by atoms with van der Waals surface area (Å²) in [5, 5.41) is 11.5. The first-order chi connectivity index (χ1) is 10.5. The number of benzene rings is 1. The van der Waals surface area contributed by atoms with Crippen molar-refractivity contribution in [3.05, 3.63) is 23.8 Å². The second kappa shape index (κ2) is 6.98. The van der Waals surface area contributed by atoms with Crippen LogP contribution in [0.3, 0.4) is 0 Å². The second-order valence-corrected chi connectivity index (χ2v) is 4.92. The maximum Gasteiger partial charge on any atom is 0.328 e. The van der Waals surface area contributed by atoms with E-state index in [1.54, 1.807) is 12.1 Å². The Kier molecular flexibility index (Phi) is 5.04. The van der Waals surface area contributed by atoms with Gasteiger partial charge in [-0.15, -0.1) is 0 Å². The smallest absolute Gasteiger partial charge is 0.328 e. The molecule has 1 aromatic carbocycles. The number of aliphatic carboxylic acids is 1. The normalized spacial score (nSPS) is 16.8. The van der Waals surface area contributed by atoms with E-state index in [9.17, 15) is 9.59 Å². The molecule has 0 fully saturated rings. The molecule has 1 aromatic rings. The SMILES string of the molecule is CCCOc1cc(/C=C/C(=O)O)cc2c1OC(CC)C(=O)N2. The second-order valence-electron chi connectivity index (χ2n) is 4.92. The molecule has 0 aliphatic carbocycles. The molecule has 1 amide bonds. The van der Waals surface area contributed by atoms with Crippen LogP contribution in [-0.4, -0.2) is 29.7 Å². The zero-order valence-electron chi connectivity index (χ0n) is 12.6. The van der Waals surface area contributed by atoms with E-state index >= 15 is 0 Å². The van der Waals surface area contributed by atoms with E-state index in [1.165, 1.54) is 6.08 Å². The molecule has 2 N–H and O–H groups in total. The maximum absolute atomic E-state index is 11.9. The standard InChI is InChI=1S/C16H19NO5/c1-3-7-21-13-9-10(5-6-14(18)19)8-11-15(13)22-12(4-2)16(20)17-11/h5-6,8-9,12H,3-4,7H2,1-2H3,(H,17,20)(H,18,19)/b6-5+. The van der Waals surface area contributed by atoms with Gasteiger partial charge in [0.05, 0.1) is 12.3 Å². The lowest BCUT2D eigenvalue weighted by Crippen LogP contribution is -2.36. The summed E-state index contributed by atoms with van der Waals surface area (Å²) >= 11 is 0. The van der Waals surface area contributed by atoms with Crippen molar-refractivity contribution in [1.82, 2.24) is 0 Å². The number of rotatable bonds is 6. The Labute approximate surface area is 128 Å². The molecule has 6 heteroatoms. The molecular formula is C16H19NO5. The van der Waals surface area contributed by atoms with Gasteiger partial charge in [-0.1, -0.05) is 13.8 Å². The molecule has 1 aliphatic rings. The van der Waals surface area contributed by atoms with Crippen LogP contribution in [0.15, 0.2) is 18.2 Å². The number of carboxylic acids is 1. The average molecular weight is 305 g/mol.